The maximum Gasteiger partial charge on any atom is 0.267 e. The summed E-state index contributed by atoms with van der Waals surface area (Å²) in [5.41, 5.74) is 0. The molecule has 4 heteroatoms. The van der Waals surface area contributed by atoms with Gasteiger partial charge in [-0.3, -0.25) is 4.18 Å². The van der Waals surface area contributed by atoms with E-state index >= 15 is 0 Å². The standard InChI is InChI=1S/C14H30O3S/c1-4-18(15,16)17-13-11-9-7-5-6-8-10-12-14(2)3/h14H,4-13H2,1-3H3. The van der Waals surface area contributed by atoms with Crippen LogP contribution in [0.4, 0.5) is 0 Å². The molecule has 0 aromatic rings. The Kier molecular flexibility index (Phi) is 10.7. The first kappa shape index (κ1) is 17.9. The molecule has 0 spiro atoms. The monoisotopic (exact) mass is 278 g/mol. The first-order valence-electron chi connectivity index (χ1n) is 7.35. The van der Waals surface area contributed by atoms with Crippen molar-refractivity contribution in [3.05, 3.63) is 0 Å². The lowest BCUT2D eigenvalue weighted by Crippen LogP contribution is -2.09. The van der Waals surface area contributed by atoms with E-state index < -0.39 is 10.1 Å². The molecular formula is C14H30O3S. The van der Waals surface area contributed by atoms with Crippen molar-refractivity contribution in [1.29, 1.82) is 0 Å². The molecule has 0 aromatic heterocycles. The van der Waals surface area contributed by atoms with E-state index in [0.29, 0.717) is 6.61 Å². The fraction of sp³-hybridized carbons (Fsp3) is 1.00. The molecule has 0 bridgehead atoms. The Balaban J connectivity index is 3.17. The fourth-order valence-electron chi connectivity index (χ4n) is 1.81. The third kappa shape index (κ3) is 12.4. The summed E-state index contributed by atoms with van der Waals surface area (Å²) in [6, 6.07) is 0. The molecule has 0 N–H and O–H groups in total. The molecule has 0 fully saturated rings. The molecule has 0 amide bonds. The number of hydrogen-bond donors (Lipinski definition) is 0. The molecule has 0 saturated heterocycles. The van der Waals surface area contributed by atoms with Crippen LogP contribution >= 0.6 is 0 Å². The molecule has 0 unspecified atom stereocenters. The Hall–Kier alpha value is -0.0900. The zero-order chi connectivity index (χ0) is 13.9. The molecule has 0 radical (unpaired) electrons. The van der Waals surface area contributed by atoms with Gasteiger partial charge in [0.25, 0.3) is 10.1 Å². The van der Waals surface area contributed by atoms with Crippen LogP contribution in [0.25, 0.3) is 0 Å². The average molecular weight is 278 g/mol. The van der Waals surface area contributed by atoms with Crippen molar-refractivity contribution in [3.8, 4) is 0 Å². The summed E-state index contributed by atoms with van der Waals surface area (Å²) in [6.45, 7) is 6.49. The van der Waals surface area contributed by atoms with Gasteiger partial charge < -0.3 is 0 Å². The SMILES string of the molecule is CCS(=O)(=O)OCCCCCCCCCC(C)C. The Morgan fingerprint density at radius 3 is 1.89 bits per heavy atom. The van der Waals surface area contributed by atoms with Gasteiger partial charge in [-0.2, -0.15) is 8.42 Å². The Labute approximate surface area is 113 Å². The molecule has 18 heavy (non-hydrogen) atoms. The van der Waals surface area contributed by atoms with E-state index in [2.05, 4.69) is 13.8 Å². The van der Waals surface area contributed by atoms with Gasteiger partial charge >= 0.3 is 0 Å². The van der Waals surface area contributed by atoms with Crippen LogP contribution in [0, 0.1) is 5.92 Å². The highest BCUT2D eigenvalue weighted by molar-refractivity contribution is 7.86. The summed E-state index contributed by atoms with van der Waals surface area (Å²) in [5, 5.41) is 0. The van der Waals surface area contributed by atoms with Crippen LogP contribution in [0.1, 0.15) is 72.1 Å². The number of hydrogen-bond acceptors (Lipinski definition) is 3. The summed E-state index contributed by atoms with van der Waals surface area (Å²) < 4.78 is 26.9. The lowest BCUT2D eigenvalue weighted by Gasteiger charge is -2.05. The van der Waals surface area contributed by atoms with Crippen molar-refractivity contribution in [2.45, 2.75) is 72.1 Å². The highest BCUT2D eigenvalue weighted by Gasteiger charge is 2.05. The molecule has 0 aliphatic carbocycles. The predicted molar refractivity (Wildman–Crippen MR) is 77.2 cm³/mol. The quantitative estimate of drug-likeness (QED) is 0.398. The van der Waals surface area contributed by atoms with E-state index in [4.69, 9.17) is 4.18 Å². The van der Waals surface area contributed by atoms with Crippen LogP contribution in [0.2, 0.25) is 0 Å². The molecule has 0 aliphatic rings. The fourth-order valence-corrected chi connectivity index (χ4v) is 2.35. The minimum absolute atomic E-state index is 0.0723. The van der Waals surface area contributed by atoms with E-state index in [1.807, 2.05) is 0 Å². The normalized spacial score (nSPS) is 12.2. The van der Waals surface area contributed by atoms with Gasteiger partial charge in [0.05, 0.1) is 12.4 Å². The second kappa shape index (κ2) is 10.8. The molecule has 0 saturated carbocycles. The van der Waals surface area contributed by atoms with Gasteiger partial charge in [-0.15, -0.1) is 0 Å². The molecule has 0 aliphatic heterocycles. The van der Waals surface area contributed by atoms with Crippen LogP contribution in [0.5, 0.6) is 0 Å². The smallest absolute Gasteiger partial charge is 0.267 e. The lowest BCUT2D eigenvalue weighted by atomic mass is 10.0. The summed E-state index contributed by atoms with van der Waals surface area (Å²) in [6.07, 6.45) is 9.70. The number of rotatable bonds is 12. The van der Waals surface area contributed by atoms with Gasteiger partial charge in [0, 0.05) is 0 Å². The van der Waals surface area contributed by atoms with Crippen molar-refractivity contribution in [2.75, 3.05) is 12.4 Å². The van der Waals surface area contributed by atoms with E-state index in [0.717, 1.165) is 18.8 Å². The second-order valence-electron chi connectivity index (χ2n) is 5.33. The third-order valence-electron chi connectivity index (χ3n) is 3.04. The van der Waals surface area contributed by atoms with Crippen molar-refractivity contribution < 1.29 is 12.6 Å². The molecule has 3 nitrogen and oxygen atoms in total. The first-order chi connectivity index (χ1) is 8.48. The largest absolute Gasteiger partial charge is 0.270 e. The summed E-state index contributed by atoms with van der Waals surface area (Å²) >= 11 is 0. The average Bonchev–Trinajstić information content (AvgIpc) is 2.31. The molecular weight excluding hydrogens is 248 g/mol. The minimum atomic E-state index is -3.23. The van der Waals surface area contributed by atoms with Gasteiger partial charge in [-0.05, 0) is 19.3 Å². The lowest BCUT2D eigenvalue weighted by molar-refractivity contribution is 0.307. The summed E-state index contributed by atoms with van der Waals surface area (Å²) in [5.74, 6) is 0.894. The molecule has 0 aromatic carbocycles. The van der Waals surface area contributed by atoms with E-state index in [1.54, 1.807) is 6.92 Å². The summed E-state index contributed by atoms with van der Waals surface area (Å²) in [4.78, 5) is 0. The first-order valence-corrected chi connectivity index (χ1v) is 8.92. The highest BCUT2D eigenvalue weighted by Crippen LogP contribution is 2.12. The minimum Gasteiger partial charge on any atom is -0.270 e. The van der Waals surface area contributed by atoms with Crippen LogP contribution in [-0.4, -0.2) is 20.8 Å². The van der Waals surface area contributed by atoms with Crippen molar-refractivity contribution in [3.63, 3.8) is 0 Å². The summed E-state index contributed by atoms with van der Waals surface area (Å²) in [7, 11) is -3.23. The van der Waals surface area contributed by atoms with E-state index in [-0.39, 0.29) is 5.75 Å². The van der Waals surface area contributed by atoms with E-state index in [9.17, 15) is 8.42 Å². The molecule has 0 atom stereocenters. The van der Waals surface area contributed by atoms with Gasteiger partial charge in [-0.1, -0.05) is 58.8 Å². The maximum atomic E-state index is 11.0. The maximum absolute atomic E-state index is 11.0. The van der Waals surface area contributed by atoms with Crippen LogP contribution in [0.15, 0.2) is 0 Å². The van der Waals surface area contributed by atoms with E-state index in [1.165, 1.54) is 38.5 Å². The topological polar surface area (TPSA) is 43.4 Å². The van der Waals surface area contributed by atoms with Gasteiger partial charge in [0.1, 0.15) is 0 Å². The van der Waals surface area contributed by atoms with Gasteiger partial charge in [0.2, 0.25) is 0 Å². The van der Waals surface area contributed by atoms with Crippen molar-refractivity contribution in [2.24, 2.45) is 5.92 Å². The third-order valence-corrected chi connectivity index (χ3v) is 4.28. The zero-order valence-electron chi connectivity index (χ0n) is 12.3. The molecule has 0 rings (SSSR count). The zero-order valence-corrected chi connectivity index (χ0v) is 13.1. The Morgan fingerprint density at radius 2 is 1.39 bits per heavy atom. The Morgan fingerprint density at radius 1 is 0.889 bits per heavy atom. The Bertz CT molecular complexity index is 271. The predicted octanol–water partition coefficient (Wildman–Crippen LogP) is 4.13. The number of unbranched alkanes of at least 4 members (excludes halogenated alkanes) is 6. The molecule has 110 valence electrons. The highest BCUT2D eigenvalue weighted by atomic mass is 32.2. The van der Waals surface area contributed by atoms with Crippen LogP contribution < -0.4 is 0 Å². The second-order valence-corrected chi connectivity index (χ2v) is 7.25. The van der Waals surface area contributed by atoms with Gasteiger partial charge in [0.15, 0.2) is 0 Å². The van der Waals surface area contributed by atoms with Gasteiger partial charge in [-0.25, -0.2) is 0 Å². The molecule has 0 heterocycles. The van der Waals surface area contributed by atoms with Crippen molar-refractivity contribution >= 4 is 10.1 Å². The van der Waals surface area contributed by atoms with Crippen molar-refractivity contribution in [1.82, 2.24) is 0 Å². The van der Waals surface area contributed by atoms with Crippen LogP contribution in [0.3, 0.4) is 0 Å². The van der Waals surface area contributed by atoms with Crippen LogP contribution in [-0.2, 0) is 14.3 Å².